The zero-order chi connectivity index (χ0) is 15.7. The van der Waals surface area contributed by atoms with Gasteiger partial charge in [-0.15, -0.1) is 0 Å². The minimum absolute atomic E-state index is 0.00304. The molecule has 21 heavy (non-hydrogen) atoms. The van der Waals surface area contributed by atoms with Gasteiger partial charge in [-0.1, -0.05) is 58.0 Å². The van der Waals surface area contributed by atoms with Crippen LogP contribution in [0.15, 0.2) is 12.4 Å². The second-order valence-electron chi connectivity index (χ2n) is 3.93. The predicted octanol–water partition coefficient (Wildman–Crippen LogP) is 6.22. The summed E-state index contributed by atoms with van der Waals surface area (Å²) in [5.74, 6) is -0.650. The number of rotatable bonds is 2. The quantitative estimate of drug-likeness (QED) is 0.455. The van der Waals surface area contributed by atoms with E-state index in [0.29, 0.717) is 0 Å². The average Bonchev–Trinajstić information content (AvgIpc) is 2.46. The molecule has 0 fully saturated rings. The number of nitriles is 1. The van der Waals surface area contributed by atoms with E-state index in [1.54, 1.807) is 0 Å². The van der Waals surface area contributed by atoms with Crippen LogP contribution in [-0.2, 0) is 6.42 Å². The van der Waals surface area contributed by atoms with Gasteiger partial charge in [0.2, 0.25) is 0 Å². The normalized spacial score (nSPS) is 10.5. The van der Waals surface area contributed by atoms with Crippen molar-refractivity contribution >= 4 is 58.0 Å². The second kappa shape index (κ2) is 6.56. The molecule has 0 amide bonds. The highest BCUT2D eigenvalue weighted by Crippen LogP contribution is 2.48. The van der Waals surface area contributed by atoms with Gasteiger partial charge in [-0.2, -0.15) is 5.26 Å². The lowest BCUT2D eigenvalue weighted by Crippen LogP contribution is -1.97. The van der Waals surface area contributed by atoms with Gasteiger partial charge in [-0.3, -0.25) is 4.98 Å². The van der Waals surface area contributed by atoms with Crippen LogP contribution in [0.4, 0.5) is 4.39 Å². The molecule has 0 saturated carbocycles. The summed E-state index contributed by atoms with van der Waals surface area (Å²) in [6.45, 7) is 0. The Labute approximate surface area is 145 Å². The van der Waals surface area contributed by atoms with Crippen LogP contribution in [0.5, 0.6) is 0 Å². The average molecular weight is 384 g/mol. The van der Waals surface area contributed by atoms with Crippen molar-refractivity contribution in [1.82, 2.24) is 4.98 Å². The van der Waals surface area contributed by atoms with Gasteiger partial charge >= 0.3 is 0 Å². The molecule has 0 radical (unpaired) electrons. The first-order valence-corrected chi connectivity index (χ1v) is 7.30. The largest absolute Gasteiger partial charge is 0.261 e. The van der Waals surface area contributed by atoms with Crippen LogP contribution in [0, 0.1) is 17.1 Å². The Bertz CT molecular complexity index is 741. The standard InChI is InChI=1S/C13H4Cl5FN2/c14-9-8(10(15)12(17)13(18)11(9)16)6-3-21-4-7(19)5(6)1-2-20/h3-4H,1H2. The number of aromatic nitrogens is 1. The Balaban J connectivity index is 2.87. The number of hydrogen-bond donors (Lipinski definition) is 0. The topological polar surface area (TPSA) is 36.7 Å². The van der Waals surface area contributed by atoms with Crippen LogP contribution in [0.1, 0.15) is 5.56 Å². The van der Waals surface area contributed by atoms with Crippen molar-refractivity contribution < 1.29 is 4.39 Å². The molecule has 0 atom stereocenters. The van der Waals surface area contributed by atoms with Gasteiger partial charge in [0, 0.05) is 22.9 Å². The summed E-state index contributed by atoms with van der Waals surface area (Å²) in [7, 11) is 0. The van der Waals surface area contributed by atoms with Crippen LogP contribution in [0.3, 0.4) is 0 Å². The first-order valence-electron chi connectivity index (χ1n) is 5.41. The third-order valence-electron chi connectivity index (χ3n) is 2.74. The van der Waals surface area contributed by atoms with E-state index in [0.717, 1.165) is 6.20 Å². The van der Waals surface area contributed by atoms with Gasteiger partial charge in [-0.05, 0) is 0 Å². The van der Waals surface area contributed by atoms with Gasteiger partial charge in [0.1, 0.15) is 5.82 Å². The van der Waals surface area contributed by atoms with Crippen molar-refractivity contribution in [3.05, 3.63) is 48.9 Å². The number of hydrogen-bond acceptors (Lipinski definition) is 2. The Morgan fingerprint density at radius 1 is 0.952 bits per heavy atom. The lowest BCUT2D eigenvalue weighted by atomic mass is 9.99. The molecular formula is C13H4Cl5FN2. The molecule has 0 bridgehead atoms. The third kappa shape index (κ3) is 2.92. The molecule has 0 saturated heterocycles. The maximum atomic E-state index is 13.9. The SMILES string of the molecule is N#CCc1c(F)cncc1-c1c(Cl)c(Cl)c(Cl)c(Cl)c1Cl. The second-order valence-corrected chi connectivity index (χ2v) is 5.82. The third-order valence-corrected chi connectivity index (χ3v) is 5.02. The van der Waals surface area contributed by atoms with Crippen molar-refractivity contribution in [2.24, 2.45) is 0 Å². The molecule has 2 nitrogen and oxygen atoms in total. The smallest absolute Gasteiger partial charge is 0.146 e. The van der Waals surface area contributed by atoms with Gasteiger partial charge in [0.05, 0.1) is 43.8 Å². The molecule has 1 aromatic heterocycles. The molecule has 0 aliphatic rings. The lowest BCUT2D eigenvalue weighted by molar-refractivity contribution is 0.609. The molecule has 0 aliphatic heterocycles. The highest BCUT2D eigenvalue weighted by atomic mass is 35.5. The van der Waals surface area contributed by atoms with Crippen molar-refractivity contribution in [2.45, 2.75) is 6.42 Å². The fourth-order valence-electron chi connectivity index (χ4n) is 1.78. The van der Waals surface area contributed by atoms with E-state index in [1.807, 2.05) is 6.07 Å². The molecule has 0 aliphatic carbocycles. The summed E-state index contributed by atoms with van der Waals surface area (Å²) in [5, 5.41) is 8.86. The fraction of sp³-hybridized carbons (Fsp3) is 0.0769. The first-order chi connectivity index (χ1) is 9.90. The summed E-state index contributed by atoms with van der Waals surface area (Å²) in [4.78, 5) is 3.75. The van der Waals surface area contributed by atoms with Crippen LogP contribution >= 0.6 is 58.0 Å². The Morgan fingerprint density at radius 3 is 2.00 bits per heavy atom. The minimum Gasteiger partial charge on any atom is -0.261 e. The van der Waals surface area contributed by atoms with Crippen LogP contribution in [0.2, 0.25) is 25.1 Å². The Kier molecular flexibility index (Phi) is 5.19. The van der Waals surface area contributed by atoms with Gasteiger partial charge < -0.3 is 0 Å². The molecule has 108 valence electrons. The maximum absolute atomic E-state index is 13.9. The highest BCUT2D eigenvalue weighted by Gasteiger charge is 2.23. The molecule has 1 aromatic carbocycles. The molecule has 0 N–H and O–H groups in total. The summed E-state index contributed by atoms with van der Waals surface area (Å²) in [5.41, 5.74) is 0.535. The minimum atomic E-state index is -0.650. The van der Waals surface area contributed by atoms with Crippen LogP contribution in [0.25, 0.3) is 11.1 Å². The Morgan fingerprint density at radius 2 is 1.48 bits per heavy atom. The van der Waals surface area contributed by atoms with Crippen molar-refractivity contribution in [2.75, 3.05) is 0 Å². The molecule has 0 spiro atoms. The summed E-state index contributed by atoms with van der Waals surface area (Å²) < 4.78 is 13.9. The Hall–Kier alpha value is -0.760. The number of benzene rings is 1. The molecule has 1 heterocycles. The lowest BCUT2D eigenvalue weighted by Gasteiger charge is -2.15. The van der Waals surface area contributed by atoms with Gasteiger partial charge in [0.25, 0.3) is 0 Å². The number of halogens is 6. The van der Waals surface area contributed by atoms with E-state index in [9.17, 15) is 4.39 Å². The molecule has 2 rings (SSSR count). The zero-order valence-corrected chi connectivity index (χ0v) is 13.8. The van der Waals surface area contributed by atoms with E-state index in [1.165, 1.54) is 6.20 Å². The maximum Gasteiger partial charge on any atom is 0.146 e. The van der Waals surface area contributed by atoms with E-state index >= 15 is 0 Å². The van der Waals surface area contributed by atoms with Crippen LogP contribution < -0.4 is 0 Å². The van der Waals surface area contributed by atoms with Crippen molar-refractivity contribution in [3.8, 4) is 17.2 Å². The molecular weight excluding hydrogens is 380 g/mol. The fourth-order valence-corrected chi connectivity index (χ4v) is 3.12. The number of pyridine rings is 1. The van der Waals surface area contributed by atoms with Gasteiger partial charge in [-0.25, -0.2) is 4.39 Å². The van der Waals surface area contributed by atoms with E-state index in [2.05, 4.69) is 4.98 Å². The van der Waals surface area contributed by atoms with E-state index < -0.39 is 5.82 Å². The summed E-state index contributed by atoms with van der Waals surface area (Å²) in [6, 6.07) is 1.87. The van der Waals surface area contributed by atoms with E-state index in [-0.39, 0.29) is 48.2 Å². The van der Waals surface area contributed by atoms with Crippen molar-refractivity contribution in [1.29, 1.82) is 5.26 Å². The highest BCUT2D eigenvalue weighted by molar-refractivity contribution is 6.56. The molecule has 2 aromatic rings. The first kappa shape index (κ1) is 16.6. The zero-order valence-electron chi connectivity index (χ0n) is 10.0. The molecule has 0 unspecified atom stereocenters. The predicted molar refractivity (Wildman–Crippen MR) is 84.0 cm³/mol. The van der Waals surface area contributed by atoms with E-state index in [4.69, 9.17) is 63.3 Å². The summed E-state index contributed by atoms with van der Waals surface area (Å²) in [6.07, 6.45) is 2.15. The molecule has 8 heteroatoms. The number of nitrogens with zero attached hydrogens (tertiary/aromatic N) is 2. The van der Waals surface area contributed by atoms with Crippen LogP contribution in [-0.4, -0.2) is 4.98 Å². The van der Waals surface area contributed by atoms with Gasteiger partial charge in [0.15, 0.2) is 0 Å². The summed E-state index contributed by atoms with van der Waals surface area (Å²) >= 11 is 30.2. The monoisotopic (exact) mass is 382 g/mol. The van der Waals surface area contributed by atoms with Crippen molar-refractivity contribution in [3.63, 3.8) is 0 Å².